The summed E-state index contributed by atoms with van der Waals surface area (Å²) >= 11 is 0. The second-order valence-electron chi connectivity index (χ2n) is 4.20. The number of nitrogens with zero attached hydrogens (tertiary/aromatic N) is 2. The van der Waals surface area contributed by atoms with Gasteiger partial charge in [-0.3, -0.25) is 9.79 Å². The first-order chi connectivity index (χ1) is 12.2. The van der Waals surface area contributed by atoms with Crippen molar-refractivity contribution in [1.29, 1.82) is 0 Å². The molecule has 0 aromatic rings. The van der Waals surface area contributed by atoms with E-state index in [2.05, 4.69) is 27.9 Å². The van der Waals surface area contributed by atoms with E-state index in [1.165, 1.54) is 0 Å². The van der Waals surface area contributed by atoms with E-state index in [1.54, 1.807) is 6.92 Å². The van der Waals surface area contributed by atoms with Crippen LogP contribution in [-0.2, 0) is 9.53 Å². The Morgan fingerprint density at radius 3 is 2.36 bits per heavy atom. The van der Waals surface area contributed by atoms with Crippen molar-refractivity contribution < 1.29 is 18.7 Å². The molecule has 2 atom stereocenters. The van der Waals surface area contributed by atoms with Crippen LogP contribution in [0.1, 0.15) is 47.5 Å². The molecule has 2 aliphatic rings. The second kappa shape index (κ2) is 21.9. The van der Waals surface area contributed by atoms with Crippen molar-refractivity contribution in [3.63, 3.8) is 0 Å². The molecule has 0 saturated carbocycles. The Hall–Kier alpha value is -2.10. The van der Waals surface area contributed by atoms with E-state index in [0.29, 0.717) is 18.6 Å². The van der Waals surface area contributed by atoms with Crippen LogP contribution in [0.4, 0.5) is 9.18 Å². The molecule has 0 bridgehead atoms. The van der Waals surface area contributed by atoms with Crippen LogP contribution < -0.4 is 5.32 Å². The average molecular weight is 359 g/mol. The van der Waals surface area contributed by atoms with Gasteiger partial charge in [0.05, 0.1) is 6.04 Å². The highest BCUT2D eigenvalue weighted by Gasteiger charge is 2.33. The summed E-state index contributed by atoms with van der Waals surface area (Å²) in [5.74, 6) is 0. The molecular formula is C18H34FN3O3. The molecule has 7 heteroatoms. The predicted octanol–water partition coefficient (Wildman–Crippen LogP) is 3.06. The molecule has 6 nitrogen and oxygen atoms in total. The quantitative estimate of drug-likeness (QED) is 0.606. The third kappa shape index (κ3) is 15.2. The summed E-state index contributed by atoms with van der Waals surface area (Å²) < 4.78 is 15.6. The first-order valence-electron chi connectivity index (χ1n) is 8.77. The van der Waals surface area contributed by atoms with E-state index in [-0.39, 0.29) is 6.61 Å². The lowest BCUT2D eigenvalue weighted by atomic mass is 10.1. The van der Waals surface area contributed by atoms with Gasteiger partial charge in [-0.05, 0) is 19.8 Å². The molecule has 0 radical (unpaired) electrons. The van der Waals surface area contributed by atoms with Crippen LogP contribution in [0.3, 0.4) is 0 Å². The molecule has 146 valence electrons. The minimum atomic E-state index is -0.628. The van der Waals surface area contributed by atoms with Crippen LogP contribution in [0, 0.1) is 12.8 Å². The Bertz CT molecular complexity index is 357. The first kappa shape index (κ1) is 27.7. The number of halogens is 1. The van der Waals surface area contributed by atoms with E-state index in [1.807, 2.05) is 38.8 Å². The number of carbonyl (C=O) groups excluding carboxylic acids is 2. The van der Waals surface area contributed by atoms with E-state index >= 15 is 0 Å². The predicted molar refractivity (Wildman–Crippen MR) is 102 cm³/mol. The van der Waals surface area contributed by atoms with Gasteiger partial charge in [0.15, 0.2) is 0 Å². The molecule has 1 unspecified atom stereocenters. The molecular weight excluding hydrogens is 325 g/mol. The Balaban J connectivity index is -0.000000300. The zero-order chi connectivity index (χ0) is 20.1. The Kier molecular flexibility index (Phi) is 24.3. The molecule has 0 spiro atoms. The molecule has 2 heterocycles. The zero-order valence-electron chi connectivity index (χ0n) is 16.2. The van der Waals surface area contributed by atoms with Crippen molar-refractivity contribution in [3.05, 3.63) is 0 Å². The number of alkyl halides is 1. The number of rotatable bonds is 5. The molecule has 25 heavy (non-hydrogen) atoms. The number of amides is 2. The molecule has 2 aliphatic heterocycles. The van der Waals surface area contributed by atoms with Crippen LogP contribution in [0.5, 0.6) is 0 Å². The number of nitrogens with one attached hydrogen (secondary N) is 1. The third-order valence-electron chi connectivity index (χ3n) is 2.82. The standard InChI is InChI=1S/C7H10N2O.C5H10FNO2.2C2H6.C2H2/c10-5-9-3-1-2-7(9)6-4-8-6;1-2-7-5(8)9-4-3-6;3*1-2/h4-7H,1-3H2;2-4H2,1H3,(H,7,8);2*1-2H3;1-2H/t6-,7?;;;;/m0..../s1. The van der Waals surface area contributed by atoms with Crippen molar-refractivity contribution in [2.45, 2.75) is 59.5 Å². The van der Waals surface area contributed by atoms with Gasteiger partial charge in [-0.25, -0.2) is 9.18 Å². The molecule has 1 saturated heterocycles. The van der Waals surface area contributed by atoms with Gasteiger partial charge in [0, 0.05) is 19.3 Å². The molecule has 0 aliphatic carbocycles. The summed E-state index contributed by atoms with van der Waals surface area (Å²) in [6, 6.07) is 0.769. The Labute approximate surface area is 152 Å². The number of alkyl carbamates (subject to hydrolysis) is 1. The van der Waals surface area contributed by atoms with Crippen molar-refractivity contribution in [1.82, 2.24) is 10.2 Å². The lowest BCUT2D eigenvalue weighted by molar-refractivity contribution is -0.118. The summed E-state index contributed by atoms with van der Waals surface area (Å²) in [6.07, 6.45) is 12.6. The highest BCUT2D eigenvalue weighted by Crippen LogP contribution is 2.23. The van der Waals surface area contributed by atoms with Gasteiger partial charge in [0.1, 0.15) is 19.3 Å². The average Bonchev–Trinajstić information content (AvgIpc) is 3.42. The number of terminal acetylenes is 1. The van der Waals surface area contributed by atoms with E-state index in [0.717, 1.165) is 25.8 Å². The minimum Gasteiger partial charge on any atom is -0.447 e. The first-order valence-corrected chi connectivity index (χ1v) is 8.77. The zero-order valence-corrected chi connectivity index (χ0v) is 16.2. The minimum absolute atomic E-state index is 0.161. The van der Waals surface area contributed by atoms with Crippen LogP contribution in [0.25, 0.3) is 0 Å². The number of likely N-dealkylation sites (tertiary alicyclic amines) is 1. The lowest BCUT2D eigenvalue weighted by Gasteiger charge is -2.17. The number of carbonyl (C=O) groups is 2. The molecule has 1 N–H and O–H groups in total. The maximum absolute atomic E-state index is 11.3. The summed E-state index contributed by atoms with van der Waals surface area (Å²) in [5.41, 5.74) is 0. The molecule has 2 rings (SSSR count). The van der Waals surface area contributed by atoms with Crippen LogP contribution in [0.15, 0.2) is 4.99 Å². The van der Waals surface area contributed by atoms with E-state index in [9.17, 15) is 14.0 Å². The van der Waals surface area contributed by atoms with Crippen LogP contribution in [-0.4, -0.2) is 62.1 Å². The number of hydrogen-bond donors (Lipinski definition) is 1. The fourth-order valence-corrected chi connectivity index (χ4v) is 1.89. The van der Waals surface area contributed by atoms with Gasteiger partial charge in [-0.15, -0.1) is 12.8 Å². The number of aliphatic imine (C=N–C) groups is 1. The lowest BCUT2D eigenvalue weighted by Crippen LogP contribution is -2.32. The van der Waals surface area contributed by atoms with Crippen LogP contribution >= 0.6 is 0 Å². The summed E-state index contributed by atoms with van der Waals surface area (Å²) in [6.45, 7) is 10.4. The summed E-state index contributed by atoms with van der Waals surface area (Å²) in [7, 11) is 0. The van der Waals surface area contributed by atoms with Gasteiger partial charge < -0.3 is 15.0 Å². The maximum atomic E-state index is 11.3. The fourth-order valence-electron chi connectivity index (χ4n) is 1.89. The Morgan fingerprint density at radius 2 is 1.96 bits per heavy atom. The highest BCUT2D eigenvalue weighted by atomic mass is 19.1. The summed E-state index contributed by atoms with van der Waals surface area (Å²) in [5, 5.41) is 2.35. The molecule has 1 fully saturated rings. The molecule has 0 aromatic heterocycles. The van der Waals surface area contributed by atoms with Crippen molar-refractivity contribution in [2.24, 2.45) is 4.99 Å². The largest absolute Gasteiger partial charge is 0.447 e. The van der Waals surface area contributed by atoms with Crippen molar-refractivity contribution >= 4 is 18.7 Å². The smallest absolute Gasteiger partial charge is 0.407 e. The Morgan fingerprint density at radius 1 is 1.40 bits per heavy atom. The molecule has 0 aromatic carbocycles. The van der Waals surface area contributed by atoms with Gasteiger partial charge in [-0.1, -0.05) is 27.7 Å². The molecule has 2 amide bonds. The monoisotopic (exact) mass is 359 g/mol. The van der Waals surface area contributed by atoms with E-state index in [4.69, 9.17) is 0 Å². The second-order valence-corrected chi connectivity index (χ2v) is 4.20. The van der Waals surface area contributed by atoms with Crippen molar-refractivity contribution in [2.75, 3.05) is 26.4 Å². The van der Waals surface area contributed by atoms with Crippen molar-refractivity contribution in [3.8, 4) is 12.8 Å². The number of hydrogen-bond acceptors (Lipinski definition) is 4. The number of ether oxygens (including phenoxy) is 1. The van der Waals surface area contributed by atoms with Gasteiger partial charge in [-0.2, -0.15) is 0 Å². The summed E-state index contributed by atoms with van der Waals surface area (Å²) in [4.78, 5) is 26.6. The maximum Gasteiger partial charge on any atom is 0.407 e. The highest BCUT2D eigenvalue weighted by molar-refractivity contribution is 5.79. The fraction of sp³-hybridized carbons (Fsp3) is 0.722. The van der Waals surface area contributed by atoms with Gasteiger partial charge in [0.25, 0.3) is 0 Å². The van der Waals surface area contributed by atoms with Crippen LogP contribution in [0.2, 0.25) is 0 Å². The van der Waals surface area contributed by atoms with Gasteiger partial charge >= 0.3 is 6.09 Å². The van der Waals surface area contributed by atoms with E-state index < -0.39 is 12.8 Å². The normalized spacial score (nSPS) is 18.3. The topological polar surface area (TPSA) is 71.0 Å². The third-order valence-corrected chi connectivity index (χ3v) is 2.82. The SMILES string of the molecule is C#C.CC.CC.CCNC(=O)OCCF.O=CN1CCCC1[C@@H]1C=N1. The van der Waals surface area contributed by atoms with Gasteiger partial charge in [0.2, 0.25) is 6.41 Å².